The number of rotatable bonds is 7. The van der Waals surface area contributed by atoms with Crippen LogP contribution in [0, 0.1) is 21.4 Å². The molecule has 0 aliphatic heterocycles. The Balaban J connectivity index is 2.47. The Bertz CT molecular complexity index is 530. The van der Waals surface area contributed by atoms with Gasteiger partial charge in [0.1, 0.15) is 12.1 Å². The summed E-state index contributed by atoms with van der Waals surface area (Å²) in [6.07, 6.45) is 0. The summed E-state index contributed by atoms with van der Waals surface area (Å²) >= 11 is 1.29. The monoisotopic (exact) mass is 295 g/mol. The predicted octanol–water partition coefficient (Wildman–Crippen LogP) is 1.22. The van der Waals surface area contributed by atoms with Crippen molar-refractivity contribution in [3.8, 4) is 6.07 Å². The molecule has 0 saturated heterocycles. The Kier molecular flexibility index (Phi) is 6.49. The first-order valence-corrected chi connectivity index (χ1v) is 6.81. The van der Waals surface area contributed by atoms with Crippen LogP contribution in [0.1, 0.15) is 5.56 Å². The molecule has 1 aromatic carbocycles. The Hall–Kier alpha value is -2.11. The smallest absolute Gasteiger partial charge is 0.324 e. The van der Waals surface area contributed by atoms with E-state index in [-0.39, 0.29) is 18.0 Å². The lowest BCUT2D eigenvalue weighted by molar-refractivity contribution is -0.385. The second-order valence-electron chi connectivity index (χ2n) is 3.77. The quantitative estimate of drug-likeness (QED) is 0.456. The third kappa shape index (κ3) is 4.87. The van der Waals surface area contributed by atoms with Crippen LogP contribution in [-0.2, 0) is 15.3 Å². The molecule has 0 radical (unpaired) electrons. The molecule has 1 rings (SSSR count). The molecular weight excluding hydrogens is 282 g/mol. The molecule has 0 aromatic heterocycles. The highest BCUT2D eigenvalue weighted by molar-refractivity contribution is 7.98. The van der Waals surface area contributed by atoms with Gasteiger partial charge in [0.25, 0.3) is 5.69 Å². The van der Waals surface area contributed by atoms with Crippen molar-refractivity contribution < 1.29 is 14.5 Å². The maximum Gasteiger partial charge on any atom is 0.324 e. The van der Waals surface area contributed by atoms with Crippen LogP contribution in [0.2, 0.25) is 0 Å². The van der Waals surface area contributed by atoms with Gasteiger partial charge >= 0.3 is 5.97 Å². The minimum atomic E-state index is -0.851. The number of hydrogen-bond acceptors (Lipinski definition) is 7. The molecule has 20 heavy (non-hydrogen) atoms. The standard InChI is InChI=1S/C12H13N3O4S/c13-5-6-19-12(16)10(14)8-20-7-9-3-1-2-4-11(9)15(17)18/h1-4,10H,6-8,14H2/t10-/m0/s1. The fourth-order valence-corrected chi connectivity index (χ4v) is 2.36. The number of para-hydroxylation sites is 1. The normalized spacial score (nSPS) is 11.4. The van der Waals surface area contributed by atoms with Crippen LogP contribution in [-0.4, -0.2) is 29.3 Å². The van der Waals surface area contributed by atoms with Gasteiger partial charge in [-0.2, -0.15) is 17.0 Å². The maximum atomic E-state index is 11.3. The van der Waals surface area contributed by atoms with E-state index in [1.54, 1.807) is 24.3 Å². The van der Waals surface area contributed by atoms with E-state index in [1.165, 1.54) is 17.8 Å². The first-order chi connectivity index (χ1) is 9.56. The highest BCUT2D eigenvalue weighted by Crippen LogP contribution is 2.22. The predicted molar refractivity (Wildman–Crippen MR) is 73.8 cm³/mol. The van der Waals surface area contributed by atoms with Gasteiger partial charge in [0, 0.05) is 23.1 Å². The minimum Gasteiger partial charge on any atom is -0.449 e. The first kappa shape index (κ1) is 15.9. The Labute approximate surface area is 119 Å². The molecule has 1 atom stereocenters. The van der Waals surface area contributed by atoms with Gasteiger partial charge in [-0.1, -0.05) is 18.2 Å². The number of benzene rings is 1. The van der Waals surface area contributed by atoms with Crippen LogP contribution in [0.5, 0.6) is 0 Å². The zero-order valence-corrected chi connectivity index (χ0v) is 11.3. The van der Waals surface area contributed by atoms with Gasteiger partial charge < -0.3 is 10.5 Å². The summed E-state index contributed by atoms with van der Waals surface area (Å²) in [5.41, 5.74) is 6.19. The van der Waals surface area contributed by atoms with E-state index in [2.05, 4.69) is 4.74 Å². The fourth-order valence-electron chi connectivity index (χ4n) is 1.39. The molecule has 0 heterocycles. The molecule has 0 spiro atoms. The number of ether oxygens (including phenoxy) is 1. The van der Waals surface area contributed by atoms with Crippen LogP contribution >= 0.6 is 11.8 Å². The van der Waals surface area contributed by atoms with Crippen molar-refractivity contribution in [2.24, 2.45) is 5.73 Å². The van der Waals surface area contributed by atoms with Gasteiger partial charge in [0.15, 0.2) is 6.61 Å². The number of nitro groups is 1. The van der Waals surface area contributed by atoms with Gasteiger partial charge in [0.2, 0.25) is 0 Å². The largest absolute Gasteiger partial charge is 0.449 e. The Morgan fingerprint density at radius 1 is 1.55 bits per heavy atom. The van der Waals surface area contributed by atoms with Gasteiger partial charge in [-0.05, 0) is 0 Å². The molecule has 7 nitrogen and oxygen atoms in total. The number of carbonyl (C=O) groups is 1. The summed E-state index contributed by atoms with van der Waals surface area (Å²) < 4.78 is 4.57. The maximum absolute atomic E-state index is 11.3. The molecule has 0 unspecified atom stereocenters. The van der Waals surface area contributed by atoms with Crippen molar-refractivity contribution in [3.63, 3.8) is 0 Å². The van der Waals surface area contributed by atoms with Gasteiger partial charge in [-0.15, -0.1) is 0 Å². The van der Waals surface area contributed by atoms with Crippen LogP contribution in [0.15, 0.2) is 24.3 Å². The number of nitrogens with zero attached hydrogens (tertiary/aromatic N) is 2. The molecule has 0 aliphatic rings. The first-order valence-electron chi connectivity index (χ1n) is 5.65. The Morgan fingerprint density at radius 2 is 2.25 bits per heavy atom. The van der Waals surface area contributed by atoms with E-state index in [9.17, 15) is 14.9 Å². The topological polar surface area (TPSA) is 119 Å². The van der Waals surface area contributed by atoms with E-state index in [1.807, 2.05) is 0 Å². The number of hydrogen-bond donors (Lipinski definition) is 1. The van der Waals surface area contributed by atoms with Gasteiger partial charge in [-0.25, -0.2) is 0 Å². The number of esters is 1. The minimum absolute atomic E-state index is 0.0422. The number of thioether (sulfide) groups is 1. The molecule has 0 fully saturated rings. The highest BCUT2D eigenvalue weighted by Gasteiger charge is 2.17. The SMILES string of the molecule is N#CCOC(=O)[C@@H](N)CSCc1ccccc1[N+](=O)[O-]. The lowest BCUT2D eigenvalue weighted by atomic mass is 10.2. The van der Waals surface area contributed by atoms with E-state index in [0.717, 1.165) is 0 Å². The average molecular weight is 295 g/mol. The molecule has 0 amide bonds. The second kappa shape index (κ2) is 8.14. The lowest BCUT2D eigenvalue weighted by Crippen LogP contribution is -2.34. The summed E-state index contributed by atoms with van der Waals surface area (Å²) in [7, 11) is 0. The van der Waals surface area contributed by atoms with Crippen molar-refractivity contribution in [1.29, 1.82) is 5.26 Å². The summed E-state index contributed by atoms with van der Waals surface area (Å²) in [6.45, 7) is -0.332. The van der Waals surface area contributed by atoms with E-state index >= 15 is 0 Å². The Morgan fingerprint density at radius 3 is 2.90 bits per heavy atom. The second-order valence-corrected chi connectivity index (χ2v) is 4.80. The average Bonchev–Trinajstić information content (AvgIpc) is 2.44. The molecule has 106 valence electrons. The van der Waals surface area contributed by atoms with E-state index in [4.69, 9.17) is 11.0 Å². The number of nitrogens with two attached hydrogens (primary N) is 1. The summed E-state index contributed by atoms with van der Waals surface area (Å²) in [5.74, 6) is -0.0196. The number of carbonyl (C=O) groups excluding carboxylic acids is 1. The molecule has 8 heteroatoms. The molecule has 0 saturated carbocycles. The lowest BCUT2D eigenvalue weighted by Gasteiger charge is -2.09. The van der Waals surface area contributed by atoms with Crippen LogP contribution in [0.25, 0.3) is 0 Å². The zero-order valence-electron chi connectivity index (χ0n) is 10.5. The van der Waals surface area contributed by atoms with Gasteiger partial charge in [0.05, 0.1) is 4.92 Å². The van der Waals surface area contributed by atoms with Crippen LogP contribution < -0.4 is 5.73 Å². The van der Waals surface area contributed by atoms with Gasteiger partial charge in [-0.3, -0.25) is 14.9 Å². The van der Waals surface area contributed by atoms with Crippen LogP contribution in [0.3, 0.4) is 0 Å². The zero-order chi connectivity index (χ0) is 15.0. The summed E-state index contributed by atoms with van der Waals surface area (Å²) in [6, 6.07) is 7.22. The fraction of sp³-hybridized carbons (Fsp3) is 0.333. The summed E-state index contributed by atoms with van der Waals surface area (Å²) in [5, 5.41) is 19.1. The van der Waals surface area contributed by atoms with Crippen molar-refractivity contribution in [2.75, 3.05) is 12.4 Å². The molecule has 0 aliphatic carbocycles. The molecule has 0 bridgehead atoms. The highest BCUT2D eigenvalue weighted by atomic mass is 32.2. The van der Waals surface area contributed by atoms with Crippen LogP contribution in [0.4, 0.5) is 5.69 Å². The van der Waals surface area contributed by atoms with Crippen molar-refractivity contribution in [2.45, 2.75) is 11.8 Å². The third-order valence-electron chi connectivity index (χ3n) is 2.33. The number of nitriles is 1. The van der Waals surface area contributed by atoms with Crippen molar-refractivity contribution >= 4 is 23.4 Å². The number of nitro benzene ring substituents is 1. The van der Waals surface area contributed by atoms with Crippen molar-refractivity contribution in [1.82, 2.24) is 0 Å². The molecular formula is C12H13N3O4S. The molecule has 2 N–H and O–H groups in total. The van der Waals surface area contributed by atoms with E-state index in [0.29, 0.717) is 11.3 Å². The van der Waals surface area contributed by atoms with Crippen molar-refractivity contribution in [3.05, 3.63) is 39.9 Å². The molecule has 1 aromatic rings. The third-order valence-corrected chi connectivity index (χ3v) is 3.43. The van der Waals surface area contributed by atoms with E-state index < -0.39 is 16.9 Å². The summed E-state index contributed by atoms with van der Waals surface area (Å²) in [4.78, 5) is 21.7.